The maximum atomic E-state index is 11.8. The van der Waals surface area contributed by atoms with Crippen molar-refractivity contribution >= 4 is 22.8 Å². The van der Waals surface area contributed by atoms with Crippen LogP contribution < -0.4 is 5.73 Å². The zero-order valence-electron chi connectivity index (χ0n) is 10.8. The van der Waals surface area contributed by atoms with Crippen LogP contribution in [0.5, 0.6) is 0 Å². The van der Waals surface area contributed by atoms with E-state index in [9.17, 15) is 9.59 Å². The number of nitrogens with zero attached hydrogens (tertiary/aromatic N) is 3. The molecule has 1 atom stereocenters. The highest BCUT2D eigenvalue weighted by Gasteiger charge is 2.32. The van der Waals surface area contributed by atoms with E-state index in [4.69, 9.17) is 5.73 Å². The average molecular weight is 270 g/mol. The Morgan fingerprint density at radius 3 is 2.75 bits per heavy atom. The predicted molar refractivity (Wildman–Crippen MR) is 72.3 cm³/mol. The number of carbonyl (C=O) groups excluding carboxylic acids is 2. The smallest absolute Gasteiger partial charge is 0.223 e. The van der Waals surface area contributed by atoms with Crippen molar-refractivity contribution in [2.24, 2.45) is 11.7 Å². The number of hydrogen-bond acceptors (Lipinski definition) is 4. The molecule has 2 N–H and O–H groups in total. The maximum Gasteiger partial charge on any atom is 0.223 e. The molecule has 1 aliphatic heterocycles. The van der Waals surface area contributed by atoms with Crippen LogP contribution in [-0.2, 0) is 16.1 Å². The van der Waals surface area contributed by atoms with E-state index < -0.39 is 5.91 Å². The Morgan fingerprint density at radius 2 is 2.05 bits per heavy atom. The Bertz CT molecular complexity index is 686. The number of benzene rings is 1. The molecule has 1 saturated heterocycles. The fraction of sp³-hybridized carbons (Fsp3) is 0.286. The molecular formula is C14H14N4O2. The van der Waals surface area contributed by atoms with E-state index in [-0.39, 0.29) is 18.2 Å². The van der Waals surface area contributed by atoms with Crippen LogP contribution in [0, 0.1) is 5.92 Å². The normalized spacial score (nSPS) is 18.7. The quantitative estimate of drug-likeness (QED) is 0.877. The van der Waals surface area contributed by atoms with E-state index in [1.807, 2.05) is 18.2 Å². The molecule has 0 radical (unpaired) electrons. The van der Waals surface area contributed by atoms with Gasteiger partial charge in [-0.2, -0.15) is 0 Å². The molecule has 1 aromatic heterocycles. The number of likely N-dealkylation sites (tertiary alicyclic amines) is 1. The fourth-order valence-corrected chi connectivity index (χ4v) is 2.44. The van der Waals surface area contributed by atoms with E-state index in [1.54, 1.807) is 17.3 Å². The van der Waals surface area contributed by atoms with Gasteiger partial charge in [0.05, 0.1) is 17.0 Å². The van der Waals surface area contributed by atoms with Gasteiger partial charge in [0.2, 0.25) is 11.8 Å². The minimum absolute atomic E-state index is 0.0342. The molecule has 1 unspecified atom stereocenters. The third kappa shape index (κ3) is 2.32. The minimum Gasteiger partial charge on any atom is -0.369 e. The monoisotopic (exact) mass is 270 g/mol. The van der Waals surface area contributed by atoms with Crippen molar-refractivity contribution in [3.8, 4) is 0 Å². The molecule has 2 amide bonds. The first-order valence-corrected chi connectivity index (χ1v) is 6.40. The second-order valence-electron chi connectivity index (χ2n) is 4.96. The molecule has 1 aliphatic rings. The third-order valence-electron chi connectivity index (χ3n) is 3.52. The zero-order valence-corrected chi connectivity index (χ0v) is 10.8. The lowest BCUT2D eigenvalue weighted by Gasteiger charge is -2.16. The van der Waals surface area contributed by atoms with Gasteiger partial charge in [0.1, 0.15) is 0 Å². The molecule has 6 heteroatoms. The van der Waals surface area contributed by atoms with Crippen molar-refractivity contribution in [2.75, 3.05) is 6.54 Å². The van der Waals surface area contributed by atoms with Gasteiger partial charge in [0.15, 0.2) is 0 Å². The van der Waals surface area contributed by atoms with Crippen molar-refractivity contribution in [3.63, 3.8) is 0 Å². The molecule has 0 aliphatic carbocycles. The van der Waals surface area contributed by atoms with E-state index >= 15 is 0 Å². The van der Waals surface area contributed by atoms with Crippen molar-refractivity contribution in [1.82, 2.24) is 14.9 Å². The molecule has 2 heterocycles. The summed E-state index contributed by atoms with van der Waals surface area (Å²) in [6.07, 6.45) is 3.49. The van der Waals surface area contributed by atoms with Gasteiger partial charge in [0, 0.05) is 31.9 Å². The van der Waals surface area contributed by atoms with E-state index in [0.717, 1.165) is 16.6 Å². The second kappa shape index (κ2) is 4.88. The lowest BCUT2D eigenvalue weighted by atomic mass is 10.1. The summed E-state index contributed by atoms with van der Waals surface area (Å²) in [5.74, 6) is -0.819. The molecule has 6 nitrogen and oxygen atoms in total. The molecule has 0 saturated carbocycles. The molecule has 0 bridgehead atoms. The van der Waals surface area contributed by atoms with Gasteiger partial charge in [-0.25, -0.2) is 0 Å². The predicted octanol–water partition coefficient (Wildman–Crippen LogP) is 0.464. The van der Waals surface area contributed by atoms with E-state index in [0.29, 0.717) is 13.1 Å². The molecule has 102 valence electrons. The molecule has 3 rings (SSSR count). The topological polar surface area (TPSA) is 89.2 Å². The van der Waals surface area contributed by atoms with Crippen molar-refractivity contribution in [3.05, 3.63) is 36.2 Å². The number of rotatable bonds is 3. The second-order valence-corrected chi connectivity index (χ2v) is 4.96. The number of nitrogens with two attached hydrogens (primary N) is 1. The third-order valence-corrected chi connectivity index (χ3v) is 3.52. The lowest BCUT2D eigenvalue weighted by molar-refractivity contribution is -0.128. The Labute approximate surface area is 115 Å². The Morgan fingerprint density at radius 1 is 1.30 bits per heavy atom. The Kier molecular flexibility index (Phi) is 3.06. The highest BCUT2D eigenvalue weighted by atomic mass is 16.2. The van der Waals surface area contributed by atoms with Gasteiger partial charge in [-0.1, -0.05) is 6.07 Å². The molecule has 20 heavy (non-hydrogen) atoms. The van der Waals surface area contributed by atoms with Crippen molar-refractivity contribution in [2.45, 2.75) is 13.0 Å². The van der Waals surface area contributed by atoms with Gasteiger partial charge in [-0.3, -0.25) is 19.6 Å². The van der Waals surface area contributed by atoms with Gasteiger partial charge in [0.25, 0.3) is 0 Å². The van der Waals surface area contributed by atoms with Gasteiger partial charge in [-0.05, 0) is 17.7 Å². The number of carbonyl (C=O) groups is 2. The summed E-state index contributed by atoms with van der Waals surface area (Å²) in [5.41, 5.74) is 7.84. The van der Waals surface area contributed by atoms with Crippen LogP contribution in [0.4, 0.5) is 0 Å². The number of amides is 2. The van der Waals surface area contributed by atoms with Crippen LogP contribution in [0.15, 0.2) is 30.6 Å². The summed E-state index contributed by atoms with van der Waals surface area (Å²) in [5, 5.41) is 0. The highest BCUT2D eigenvalue weighted by molar-refractivity contribution is 5.88. The number of aromatic nitrogens is 2. The standard InChI is InChI=1S/C14H14N4O2/c15-14(20)10-6-13(19)18(8-10)7-9-1-2-11-12(5-9)17-4-3-16-11/h1-5,10H,6-8H2,(H2,15,20). The molecule has 1 aromatic carbocycles. The fourth-order valence-electron chi connectivity index (χ4n) is 2.44. The summed E-state index contributed by atoms with van der Waals surface area (Å²) >= 11 is 0. The molecule has 1 fully saturated rings. The maximum absolute atomic E-state index is 11.8. The molecule has 2 aromatic rings. The Hall–Kier alpha value is -2.50. The summed E-state index contributed by atoms with van der Waals surface area (Å²) in [4.78, 5) is 33.1. The number of hydrogen-bond donors (Lipinski definition) is 1. The van der Waals surface area contributed by atoms with Gasteiger partial charge < -0.3 is 10.6 Å². The van der Waals surface area contributed by atoms with E-state index in [1.165, 1.54) is 0 Å². The Balaban J connectivity index is 1.79. The largest absolute Gasteiger partial charge is 0.369 e. The van der Waals surface area contributed by atoms with Crippen LogP contribution in [0.3, 0.4) is 0 Å². The van der Waals surface area contributed by atoms with Crippen LogP contribution in [0.2, 0.25) is 0 Å². The first-order chi connectivity index (χ1) is 9.63. The first-order valence-electron chi connectivity index (χ1n) is 6.40. The van der Waals surface area contributed by atoms with Crippen molar-refractivity contribution in [1.29, 1.82) is 0 Å². The molecule has 0 spiro atoms. The zero-order chi connectivity index (χ0) is 14.1. The molecular weight excluding hydrogens is 256 g/mol. The summed E-state index contributed by atoms with van der Waals surface area (Å²) in [6, 6.07) is 5.71. The average Bonchev–Trinajstić information content (AvgIpc) is 2.80. The van der Waals surface area contributed by atoms with Crippen LogP contribution >= 0.6 is 0 Å². The van der Waals surface area contributed by atoms with Gasteiger partial charge >= 0.3 is 0 Å². The summed E-state index contributed by atoms with van der Waals surface area (Å²) in [7, 11) is 0. The minimum atomic E-state index is -0.412. The first kappa shape index (κ1) is 12.5. The summed E-state index contributed by atoms with van der Waals surface area (Å²) in [6.45, 7) is 0.863. The van der Waals surface area contributed by atoms with E-state index in [2.05, 4.69) is 9.97 Å². The van der Waals surface area contributed by atoms with Crippen molar-refractivity contribution < 1.29 is 9.59 Å². The van der Waals surface area contributed by atoms with Crippen LogP contribution in [0.1, 0.15) is 12.0 Å². The van der Waals surface area contributed by atoms with Gasteiger partial charge in [-0.15, -0.1) is 0 Å². The van der Waals surface area contributed by atoms with Crippen LogP contribution in [-0.4, -0.2) is 33.2 Å². The summed E-state index contributed by atoms with van der Waals surface area (Å²) < 4.78 is 0. The number of primary amides is 1. The van der Waals surface area contributed by atoms with Crippen LogP contribution in [0.25, 0.3) is 11.0 Å². The lowest BCUT2D eigenvalue weighted by Crippen LogP contribution is -2.28. The highest BCUT2D eigenvalue weighted by Crippen LogP contribution is 2.21. The SMILES string of the molecule is NC(=O)C1CC(=O)N(Cc2ccc3nccnc3c2)C1. The number of fused-ring (bicyclic) bond motifs is 1.